The normalized spacial score (nSPS) is 10.8. The van der Waals surface area contributed by atoms with Crippen LogP contribution in [0.25, 0.3) is 5.57 Å². The van der Waals surface area contributed by atoms with Gasteiger partial charge in [-0.3, -0.25) is 19.5 Å². The molecule has 0 fully saturated rings. The molecule has 0 saturated heterocycles. The first kappa shape index (κ1) is 17.0. The molecule has 2 rings (SSSR count). The van der Waals surface area contributed by atoms with Crippen molar-refractivity contribution in [1.82, 2.24) is 15.3 Å². The first-order valence-corrected chi connectivity index (χ1v) is 7.17. The number of amides is 2. The highest BCUT2D eigenvalue weighted by Crippen LogP contribution is 2.18. The summed E-state index contributed by atoms with van der Waals surface area (Å²) in [7, 11) is 1.56. The second-order valence-corrected chi connectivity index (χ2v) is 4.74. The summed E-state index contributed by atoms with van der Waals surface area (Å²) in [6.45, 7) is -0.130. The summed E-state index contributed by atoms with van der Waals surface area (Å²) < 4.78 is 0. The topological polar surface area (TPSA) is 92.3 Å². The van der Waals surface area contributed by atoms with Crippen molar-refractivity contribution in [1.29, 1.82) is 0 Å². The quantitative estimate of drug-likeness (QED) is 0.628. The van der Waals surface area contributed by atoms with Crippen molar-refractivity contribution < 1.29 is 14.4 Å². The van der Waals surface area contributed by atoms with Crippen LogP contribution in [0.3, 0.4) is 0 Å². The van der Waals surface area contributed by atoms with E-state index >= 15 is 0 Å². The van der Waals surface area contributed by atoms with Crippen LogP contribution in [0.15, 0.2) is 54.9 Å². The molecule has 0 saturated carbocycles. The minimum Gasteiger partial charge on any atom is -0.346 e. The van der Waals surface area contributed by atoms with E-state index in [9.17, 15) is 14.4 Å². The van der Waals surface area contributed by atoms with Crippen LogP contribution in [0.5, 0.6) is 0 Å². The van der Waals surface area contributed by atoms with Crippen LogP contribution in [0.2, 0.25) is 0 Å². The third-order valence-electron chi connectivity index (χ3n) is 3.10. The fourth-order valence-corrected chi connectivity index (χ4v) is 1.93. The third-order valence-corrected chi connectivity index (χ3v) is 3.10. The molecule has 24 heavy (non-hydrogen) atoms. The number of hydrogen-bond donors (Lipinski definition) is 1. The Morgan fingerprint density at radius 2 is 1.83 bits per heavy atom. The number of aldehydes is 1. The van der Waals surface area contributed by atoms with Gasteiger partial charge in [0.2, 0.25) is 5.91 Å². The molecule has 0 aliphatic rings. The number of pyridine rings is 2. The fraction of sp³-hybridized carbons (Fsp3) is 0.118. The van der Waals surface area contributed by atoms with Crippen LogP contribution in [-0.2, 0) is 14.4 Å². The smallest absolute Gasteiger partial charge is 0.261 e. The van der Waals surface area contributed by atoms with Gasteiger partial charge in [0.1, 0.15) is 12.1 Å². The van der Waals surface area contributed by atoms with Crippen LogP contribution in [-0.4, -0.2) is 41.7 Å². The Hall–Kier alpha value is -3.35. The Morgan fingerprint density at radius 3 is 2.42 bits per heavy atom. The molecule has 2 heterocycles. The molecule has 0 aliphatic carbocycles. The monoisotopic (exact) mass is 324 g/mol. The number of hydrogen-bond acceptors (Lipinski definition) is 5. The van der Waals surface area contributed by atoms with Gasteiger partial charge < -0.3 is 10.1 Å². The number of rotatable bonds is 6. The SMILES string of the molecule is CN(C(=O)C(=CC(=O)NCC=O)c1ccccn1)c1ccccn1. The van der Waals surface area contributed by atoms with Gasteiger partial charge in [0, 0.05) is 25.5 Å². The number of nitrogens with one attached hydrogen (secondary N) is 1. The molecule has 0 spiro atoms. The summed E-state index contributed by atoms with van der Waals surface area (Å²) in [6.07, 6.45) is 4.79. The average Bonchev–Trinajstić information content (AvgIpc) is 2.64. The minimum absolute atomic E-state index is 0.104. The molecule has 1 N–H and O–H groups in total. The van der Waals surface area contributed by atoms with Crippen molar-refractivity contribution in [3.8, 4) is 0 Å². The largest absolute Gasteiger partial charge is 0.346 e. The molecule has 7 heteroatoms. The maximum absolute atomic E-state index is 12.8. The molecule has 0 aliphatic heterocycles. The van der Waals surface area contributed by atoms with Gasteiger partial charge >= 0.3 is 0 Å². The Bertz CT molecular complexity index is 745. The molecule has 0 unspecified atom stereocenters. The number of carbonyl (C=O) groups is 3. The first-order valence-electron chi connectivity index (χ1n) is 7.17. The molecule has 7 nitrogen and oxygen atoms in total. The van der Waals surface area contributed by atoms with Crippen molar-refractivity contribution in [2.45, 2.75) is 0 Å². The number of anilines is 1. The average molecular weight is 324 g/mol. The summed E-state index contributed by atoms with van der Waals surface area (Å²) in [5.41, 5.74) is 0.457. The van der Waals surface area contributed by atoms with Gasteiger partial charge in [0.15, 0.2) is 0 Å². The van der Waals surface area contributed by atoms with E-state index in [0.717, 1.165) is 6.08 Å². The highest BCUT2D eigenvalue weighted by molar-refractivity contribution is 6.28. The number of carbonyl (C=O) groups excluding carboxylic acids is 3. The zero-order valence-electron chi connectivity index (χ0n) is 13.0. The van der Waals surface area contributed by atoms with Gasteiger partial charge in [-0.1, -0.05) is 12.1 Å². The van der Waals surface area contributed by atoms with Crippen molar-refractivity contribution >= 4 is 29.5 Å². The molecular formula is C17H16N4O3. The zero-order chi connectivity index (χ0) is 17.4. The van der Waals surface area contributed by atoms with E-state index in [1.807, 2.05) is 0 Å². The molecular weight excluding hydrogens is 308 g/mol. The summed E-state index contributed by atoms with van der Waals surface area (Å²) >= 11 is 0. The highest BCUT2D eigenvalue weighted by atomic mass is 16.2. The van der Waals surface area contributed by atoms with Crippen LogP contribution in [0, 0.1) is 0 Å². The summed E-state index contributed by atoms with van der Waals surface area (Å²) in [4.78, 5) is 44.6. The van der Waals surface area contributed by atoms with Gasteiger partial charge in [-0.15, -0.1) is 0 Å². The lowest BCUT2D eigenvalue weighted by Gasteiger charge is -2.17. The zero-order valence-corrected chi connectivity index (χ0v) is 13.0. The highest BCUT2D eigenvalue weighted by Gasteiger charge is 2.20. The molecule has 2 aromatic rings. The number of aromatic nitrogens is 2. The van der Waals surface area contributed by atoms with Crippen LogP contribution in [0.4, 0.5) is 5.82 Å². The van der Waals surface area contributed by atoms with Crippen LogP contribution < -0.4 is 10.2 Å². The van der Waals surface area contributed by atoms with E-state index in [-0.39, 0.29) is 12.1 Å². The van der Waals surface area contributed by atoms with Gasteiger partial charge in [-0.05, 0) is 24.3 Å². The van der Waals surface area contributed by atoms with Crippen molar-refractivity contribution in [2.75, 3.05) is 18.5 Å². The van der Waals surface area contributed by atoms with Crippen LogP contribution >= 0.6 is 0 Å². The Morgan fingerprint density at radius 1 is 1.12 bits per heavy atom. The standard InChI is InChI=1S/C17H16N4O3/c1-21(15-7-3-5-9-19-15)17(24)13(12-16(23)20-10-11-22)14-6-2-4-8-18-14/h2-9,11-12H,10H2,1H3,(H,20,23). The van der Waals surface area contributed by atoms with Crippen molar-refractivity contribution in [2.24, 2.45) is 0 Å². The lowest BCUT2D eigenvalue weighted by Crippen LogP contribution is -2.30. The summed E-state index contributed by atoms with van der Waals surface area (Å²) in [5.74, 6) is -0.545. The van der Waals surface area contributed by atoms with E-state index in [1.165, 1.54) is 11.1 Å². The van der Waals surface area contributed by atoms with Gasteiger partial charge in [-0.2, -0.15) is 0 Å². The predicted octanol–water partition coefficient (Wildman–Crippen LogP) is 0.838. The van der Waals surface area contributed by atoms with Gasteiger partial charge in [0.05, 0.1) is 17.8 Å². The van der Waals surface area contributed by atoms with E-state index in [2.05, 4.69) is 15.3 Å². The van der Waals surface area contributed by atoms with Crippen LogP contribution in [0.1, 0.15) is 5.69 Å². The fourth-order valence-electron chi connectivity index (χ4n) is 1.93. The number of likely N-dealkylation sites (N-methyl/N-ethyl adjacent to an activating group) is 1. The van der Waals surface area contributed by atoms with Gasteiger partial charge in [-0.25, -0.2) is 4.98 Å². The maximum Gasteiger partial charge on any atom is 0.261 e. The number of nitrogens with zero attached hydrogens (tertiary/aromatic N) is 3. The van der Waals surface area contributed by atoms with E-state index in [4.69, 9.17) is 0 Å². The first-order chi connectivity index (χ1) is 11.6. The third kappa shape index (κ3) is 4.33. The predicted molar refractivity (Wildman–Crippen MR) is 88.9 cm³/mol. The van der Waals surface area contributed by atoms with E-state index in [1.54, 1.807) is 49.6 Å². The van der Waals surface area contributed by atoms with E-state index < -0.39 is 11.8 Å². The van der Waals surface area contributed by atoms with E-state index in [0.29, 0.717) is 17.8 Å². The summed E-state index contributed by atoms with van der Waals surface area (Å²) in [5, 5.41) is 2.37. The Kier molecular flexibility index (Phi) is 5.90. The molecule has 2 amide bonds. The maximum atomic E-state index is 12.8. The molecule has 0 radical (unpaired) electrons. The second kappa shape index (κ2) is 8.33. The van der Waals surface area contributed by atoms with Crippen molar-refractivity contribution in [3.05, 3.63) is 60.6 Å². The molecule has 0 bridgehead atoms. The molecule has 0 atom stereocenters. The summed E-state index contributed by atoms with van der Waals surface area (Å²) in [6, 6.07) is 10.2. The lowest BCUT2D eigenvalue weighted by atomic mass is 10.1. The van der Waals surface area contributed by atoms with Crippen molar-refractivity contribution in [3.63, 3.8) is 0 Å². The Balaban J connectivity index is 2.35. The molecule has 0 aromatic carbocycles. The Labute approximate surface area is 139 Å². The molecule has 2 aromatic heterocycles. The lowest BCUT2D eigenvalue weighted by molar-refractivity contribution is -0.118. The molecule has 122 valence electrons. The second-order valence-electron chi connectivity index (χ2n) is 4.74. The van der Waals surface area contributed by atoms with Gasteiger partial charge in [0.25, 0.3) is 5.91 Å². The minimum atomic E-state index is -0.550.